The SMILES string of the molecule is O=C(Nc1ccc2c(c1)N(C(=O)c1ccco1)CC2)c1ccsc1. The second-order valence-electron chi connectivity index (χ2n) is 5.49. The zero-order valence-corrected chi connectivity index (χ0v) is 13.5. The maximum Gasteiger partial charge on any atom is 0.293 e. The van der Waals surface area contributed by atoms with Gasteiger partial charge < -0.3 is 14.6 Å². The number of amides is 2. The van der Waals surface area contributed by atoms with E-state index in [1.54, 1.807) is 28.5 Å². The Labute approximate surface area is 142 Å². The molecule has 120 valence electrons. The number of thiophene rings is 1. The lowest BCUT2D eigenvalue weighted by molar-refractivity contribution is 0.0962. The minimum atomic E-state index is -0.167. The number of benzene rings is 1. The molecule has 0 spiro atoms. The first-order valence-corrected chi connectivity index (χ1v) is 8.48. The van der Waals surface area contributed by atoms with Crippen molar-refractivity contribution >= 4 is 34.5 Å². The zero-order valence-electron chi connectivity index (χ0n) is 12.7. The van der Waals surface area contributed by atoms with Crippen LogP contribution in [0.3, 0.4) is 0 Å². The number of hydrogen-bond acceptors (Lipinski definition) is 4. The van der Waals surface area contributed by atoms with Gasteiger partial charge >= 0.3 is 0 Å². The highest BCUT2D eigenvalue weighted by molar-refractivity contribution is 7.08. The number of rotatable bonds is 3. The van der Waals surface area contributed by atoms with Crippen molar-refractivity contribution in [1.29, 1.82) is 0 Å². The number of furan rings is 1. The summed E-state index contributed by atoms with van der Waals surface area (Å²) in [5.41, 5.74) is 3.20. The molecule has 0 saturated carbocycles. The zero-order chi connectivity index (χ0) is 16.5. The van der Waals surface area contributed by atoms with E-state index in [4.69, 9.17) is 4.42 Å². The quantitative estimate of drug-likeness (QED) is 0.790. The fourth-order valence-corrected chi connectivity index (χ4v) is 3.43. The van der Waals surface area contributed by atoms with Crippen LogP contribution in [0.15, 0.2) is 57.8 Å². The van der Waals surface area contributed by atoms with Gasteiger partial charge in [0.05, 0.1) is 11.8 Å². The Hall–Kier alpha value is -2.86. The third-order valence-electron chi connectivity index (χ3n) is 4.00. The largest absolute Gasteiger partial charge is 0.459 e. The standard InChI is InChI=1S/C18H14N2O3S/c21-17(13-6-9-24-11-13)19-14-4-3-12-5-7-20(15(12)10-14)18(22)16-2-1-8-23-16/h1-4,6,8-11H,5,7H2,(H,19,21). The molecular weight excluding hydrogens is 324 g/mol. The van der Waals surface area contributed by atoms with Gasteiger partial charge in [-0.05, 0) is 47.7 Å². The molecule has 6 heteroatoms. The summed E-state index contributed by atoms with van der Waals surface area (Å²) in [5.74, 6) is -0.00580. The molecule has 0 unspecified atom stereocenters. The fraction of sp³-hybridized carbons (Fsp3) is 0.111. The van der Waals surface area contributed by atoms with Crippen LogP contribution in [0.2, 0.25) is 0 Å². The number of hydrogen-bond donors (Lipinski definition) is 1. The molecule has 1 aromatic carbocycles. The molecule has 2 amide bonds. The van der Waals surface area contributed by atoms with Gasteiger partial charge in [0.2, 0.25) is 0 Å². The number of carbonyl (C=O) groups is 2. The van der Waals surface area contributed by atoms with Crippen molar-refractivity contribution in [1.82, 2.24) is 0 Å². The van der Waals surface area contributed by atoms with Gasteiger partial charge in [0, 0.05) is 23.3 Å². The Morgan fingerprint density at radius 2 is 2.12 bits per heavy atom. The summed E-state index contributed by atoms with van der Waals surface area (Å²) in [7, 11) is 0. The molecule has 3 aromatic rings. The normalized spacial score (nSPS) is 12.9. The second kappa shape index (κ2) is 5.98. The van der Waals surface area contributed by atoms with Crippen molar-refractivity contribution in [3.8, 4) is 0 Å². The first kappa shape index (κ1) is 14.7. The molecule has 0 aliphatic carbocycles. The van der Waals surface area contributed by atoms with Crippen LogP contribution in [0.4, 0.5) is 11.4 Å². The average Bonchev–Trinajstić information content (AvgIpc) is 3.33. The summed E-state index contributed by atoms with van der Waals surface area (Å²) in [6, 6.07) is 10.8. The van der Waals surface area contributed by atoms with Crippen molar-refractivity contribution in [3.63, 3.8) is 0 Å². The number of fused-ring (bicyclic) bond motifs is 1. The van der Waals surface area contributed by atoms with E-state index in [9.17, 15) is 9.59 Å². The van der Waals surface area contributed by atoms with Gasteiger partial charge in [-0.15, -0.1) is 0 Å². The molecule has 0 atom stereocenters. The Morgan fingerprint density at radius 3 is 2.88 bits per heavy atom. The minimum absolute atomic E-state index is 0.155. The van der Waals surface area contributed by atoms with Gasteiger partial charge in [-0.2, -0.15) is 11.3 Å². The summed E-state index contributed by atoms with van der Waals surface area (Å²) < 4.78 is 5.21. The maximum absolute atomic E-state index is 12.5. The van der Waals surface area contributed by atoms with Crippen LogP contribution in [0, 0.1) is 0 Å². The molecule has 1 aliphatic heterocycles. The lowest BCUT2D eigenvalue weighted by atomic mass is 10.1. The van der Waals surface area contributed by atoms with E-state index in [0.717, 1.165) is 17.7 Å². The summed E-state index contributed by atoms with van der Waals surface area (Å²) in [6.45, 7) is 0.608. The Balaban J connectivity index is 1.59. The molecule has 1 aliphatic rings. The third kappa shape index (κ3) is 2.61. The Bertz CT molecular complexity index is 885. The predicted molar refractivity (Wildman–Crippen MR) is 92.8 cm³/mol. The van der Waals surface area contributed by atoms with E-state index < -0.39 is 0 Å². The highest BCUT2D eigenvalue weighted by Crippen LogP contribution is 2.32. The molecule has 5 nitrogen and oxygen atoms in total. The first-order chi connectivity index (χ1) is 11.7. The van der Waals surface area contributed by atoms with Gasteiger partial charge in [-0.25, -0.2) is 0 Å². The average molecular weight is 338 g/mol. The topological polar surface area (TPSA) is 62.6 Å². The number of nitrogens with one attached hydrogen (secondary N) is 1. The number of anilines is 2. The summed E-state index contributed by atoms with van der Waals surface area (Å²) >= 11 is 1.48. The minimum Gasteiger partial charge on any atom is -0.459 e. The van der Waals surface area contributed by atoms with Gasteiger partial charge in [0.25, 0.3) is 11.8 Å². The van der Waals surface area contributed by atoms with Gasteiger partial charge in [0.15, 0.2) is 5.76 Å². The van der Waals surface area contributed by atoms with Crippen LogP contribution in [-0.2, 0) is 6.42 Å². The van der Waals surface area contributed by atoms with Crippen molar-refractivity contribution in [3.05, 3.63) is 70.3 Å². The van der Waals surface area contributed by atoms with E-state index in [1.807, 2.05) is 23.6 Å². The molecule has 0 saturated heterocycles. The molecule has 24 heavy (non-hydrogen) atoms. The smallest absolute Gasteiger partial charge is 0.293 e. The summed E-state index contributed by atoms with van der Waals surface area (Å²) in [5, 5.41) is 6.54. The number of carbonyl (C=O) groups excluding carboxylic acids is 2. The van der Waals surface area contributed by atoms with Crippen LogP contribution in [0.5, 0.6) is 0 Å². The first-order valence-electron chi connectivity index (χ1n) is 7.54. The van der Waals surface area contributed by atoms with Gasteiger partial charge in [-0.3, -0.25) is 9.59 Å². The van der Waals surface area contributed by atoms with Crippen molar-refractivity contribution in [2.45, 2.75) is 6.42 Å². The predicted octanol–water partition coefficient (Wildman–Crippen LogP) is 3.80. The van der Waals surface area contributed by atoms with Crippen molar-refractivity contribution < 1.29 is 14.0 Å². The van der Waals surface area contributed by atoms with E-state index in [1.165, 1.54) is 17.6 Å². The molecule has 0 fully saturated rings. The highest BCUT2D eigenvalue weighted by Gasteiger charge is 2.27. The van der Waals surface area contributed by atoms with Crippen LogP contribution >= 0.6 is 11.3 Å². The van der Waals surface area contributed by atoms with E-state index in [2.05, 4.69) is 5.32 Å². The summed E-state index contributed by atoms with van der Waals surface area (Å²) in [6.07, 6.45) is 2.28. The van der Waals surface area contributed by atoms with Crippen LogP contribution < -0.4 is 10.2 Å². The van der Waals surface area contributed by atoms with Crippen molar-refractivity contribution in [2.24, 2.45) is 0 Å². The lowest BCUT2D eigenvalue weighted by Gasteiger charge is -2.16. The fourth-order valence-electron chi connectivity index (χ4n) is 2.80. The van der Waals surface area contributed by atoms with E-state index in [-0.39, 0.29) is 11.8 Å². The van der Waals surface area contributed by atoms with E-state index in [0.29, 0.717) is 23.6 Å². The van der Waals surface area contributed by atoms with Gasteiger partial charge in [0.1, 0.15) is 0 Å². The molecule has 0 radical (unpaired) electrons. The van der Waals surface area contributed by atoms with Crippen LogP contribution in [0.1, 0.15) is 26.5 Å². The molecule has 4 rings (SSSR count). The molecule has 1 N–H and O–H groups in total. The highest BCUT2D eigenvalue weighted by atomic mass is 32.1. The molecular formula is C18H14N2O3S. The molecule has 2 aromatic heterocycles. The van der Waals surface area contributed by atoms with Gasteiger partial charge in [-0.1, -0.05) is 6.07 Å². The Kier molecular flexibility index (Phi) is 3.66. The van der Waals surface area contributed by atoms with Crippen LogP contribution in [0.25, 0.3) is 0 Å². The van der Waals surface area contributed by atoms with Crippen LogP contribution in [-0.4, -0.2) is 18.4 Å². The Morgan fingerprint density at radius 1 is 1.21 bits per heavy atom. The maximum atomic E-state index is 12.5. The molecule has 3 heterocycles. The monoisotopic (exact) mass is 338 g/mol. The third-order valence-corrected chi connectivity index (χ3v) is 4.68. The summed E-state index contributed by atoms with van der Waals surface area (Å²) in [4.78, 5) is 26.4. The molecule has 0 bridgehead atoms. The second-order valence-corrected chi connectivity index (χ2v) is 6.27. The lowest BCUT2D eigenvalue weighted by Crippen LogP contribution is -2.28. The van der Waals surface area contributed by atoms with Crippen molar-refractivity contribution in [2.75, 3.05) is 16.8 Å². The number of nitrogens with zero attached hydrogens (tertiary/aromatic N) is 1. The van der Waals surface area contributed by atoms with E-state index >= 15 is 0 Å².